The number of ether oxygens (including phenoxy) is 2. The van der Waals surface area contributed by atoms with Gasteiger partial charge in [-0.15, -0.1) is 0 Å². The average molecular weight is 631 g/mol. The maximum atomic E-state index is 6.22. The zero-order chi connectivity index (χ0) is 32.4. The fraction of sp³-hybridized carbons (Fsp3) is 0.727. The zero-order valence-corrected chi connectivity index (χ0v) is 30.5. The van der Waals surface area contributed by atoms with E-state index in [9.17, 15) is 0 Å². The van der Waals surface area contributed by atoms with Gasteiger partial charge in [-0.2, -0.15) is 0 Å². The molecule has 2 unspecified atom stereocenters. The molecule has 2 aliphatic carbocycles. The molecule has 0 radical (unpaired) electrons. The topological polar surface area (TPSA) is 18.5 Å². The molecule has 2 aliphatic rings. The molecule has 0 N–H and O–H groups in total. The van der Waals surface area contributed by atoms with Crippen LogP contribution in [0.3, 0.4) is 0 Å². The number of benzene rings is 2. The van der Waals surface area contributed by atoms with Gasteiger partial charge in [0.1, 0.15) is 0 Å². The predicted molar refractivity (Wildman–Crippen MR) is 197 cm³/mol. The van der Waals surface area contributed by atoms with Crippen LogP contribution in [0.5, 0.6) is 0 Å². The molecule has 46 heavy (non-hydrogen) atoms. The van der Waals surface area contributed by atoms with Gasteiger partial charge in [-0.1, -0.05) is 165 Å². The van der Waals surface area contributed by atoms with Gasteiger partial charge in [-0.25, -0.2) is 0 Å². The first-order valence-corrected chi connectivity index (χ1v) is 19.9. The van der Waals surface area contributed by atoms with Crippen molar-refractivity contribution in [1.29, 1.82) is 0 Å². The van der Waals surface area contributed by atoms with Gasteiger partial charge >= 0.3 is 0 Å². The first kappa shape index (κ1) is 37.2. The summed E-state index contributed by atoms with van der Waals surface area (Å²) in [6, 6.07) is 18.2. The molecule has 2 fully saturated rings. The van der Waals surface area contributed by atoms with Gasteiger partial charge < -0.3 is 9.47 Å². The smallest absolute Gasteiger partial charge is 0.0810 e. The molecule has 0 heterocycles. The van der Waals surface area contributed by atoms with Crippen LogP contribution in [-0.4, -0.2) is 12.2 Å². The highest BCUT2D eigenvalue weighted by Gasteiger charge is 2.21. The van der Waals surface area contributed by atoms with Crippen LogP contribution in [0.1, 0.15) is 166 Å². The SMILES string of the molecule is CCCC1CCC(CCCCc2ccc(COC(C)C(C)OCc3ccc(CCCCC4CCC(CCC)CC4)cc3)cc2)CC1. The quantitative estimate of drug-likeness (QED) is 0.128. The molecule has 258 valence electrons. The molecule has 2 nitrogen and oxygen atoms in total. The van der Waals surface area contributed by atoms with Crippen molar-refractivity contribution in [3.8, 4) is 0 Å². The van der Waals surface area contributed by atoms with Crippen LogP contribution in [0, 0.1) is 23.7 Å². The lowest BCUT2D eigenvalue weighted by Crippen LogP contribution is -2.26. The lowest BCUT2D eigenvalue weighted by molar-refractivity contribution is -0.0687. The molecule has 4 rings (SSSR count). The summed E-state index contributed by atoms with van der Waals surface area (Å²) in [6.45, 7) is 10.2. The minimum Gasteiger partial charge on any atom is -0.371 e. The fourth-order valence-corrected chi connectivity index (χ4v) is 8.29. The molecule has 2 atom stereocenters. The van der Waals surface area contributed by atoms with E-state index in [4.69, 9.17) is 9.47 Å². The third-order valence-electron chi connectivity index (χ3n) is 11.7. The molecular weight excluding hydrogens is 560 g/mol. The van der Waals surface area contributed by atoms with Crippen LogP contribution >= 0.6 is 0 Å². The molecule has 0 aliphatic heterocycles. The van der Waals surface area contributed by atoms with Crippen molar-refractivity contribution in [2.45, 2.75) is 182 Å². The maximum absolute atomic E-state index is 6.22. The second-order valence-corrected chi connectivity index (χ2v) is 15.5. The standard InChI is InChI=1S/C44H70O2/c1-5-11-37-17-21-39(22-18-37)13-7-9-15-41-25-29-43(30-26-41)33-45-35(3)36(4)46-34-44-31-27-42(28-32-44)16-10-8-14-40-23-19-38(12-6-2)20-24-40/h25-32,35-40H,5-24,33-34H2,1-4H3. The number of rotatable bonds is 21. The van der Waals surface area contributed by atoms with E-state index in [-0.39, 0.29) is 12.2 Å². The lowest BCUT2D eigenvalue weighted by Gasteiger charge is -2.28. The summed E-state index contributed by atoms with van der Waals surface area (Å²) in [4.78, 5) is 0. The van der Waals surface area contributed by atoms with Gasteiger partial charge in [-0.05, 0) is 85.5 Å². The highest BCUT2D eigenvalue weighted by molar-refractivity contribution is 5.23. The lowest BCUT2D eigenvalue weighted by atomic mass is 9.78. The minimum atomic E-state index is 0.0534. The zero-order valence-electron chi connectivity index (χ0n) is 30.5. The van der Waals surface area contributed by atoms with E-state index in [0.29, 0.717) is 13.2 Å². The van der Waals surface area contributed by atoms with Gasteiger partial charge in [0.25, 0.3) is 0 Å². The number of unbranched alkanes of at least 4 members (excludes halogenated alkanes) is 2. The predicted octanol–water partition coefficient (Wildman–Crippen LogP) is 12.8. The van der Waals surface area contributed by atoms with Crippen molar-refractivity contribution in [3.05, 3.63) is 70.8 Å². The number of hydrogen-bond donors (Lipinski definition) is 0. The van der Waals surface area contributed by atoms with E-state index in [1.807, 2.05) is 0 Å². The van der Waals surface area contributed by atoms with E-state index in [1.54, 1.807) is 0 Å². The second-order valence-electron chi connectivity index (χ2n) is 15.5. The van der Waals surface area contributed by atoms with Crippen LogP contribution in [0.25, 0.3) is 0 Å². The average Bonchev–Trinajstić information content (AvgIpc) is 3.09. The van der Waals surface area contributed by atoms with E-state index in [2.05, 4.69) is 76.2 Å². The van der Waals surface area contributed by atoms with Crippen LogP contribution in [-0.2, 0) is 35.5 Å². The van der Waals surface area contributed by atoms with Crippen molar-refractivity contribution in [2.24, 2.45) is 23.7 Å². The van der Waals surface area contributed by atoms with Crippen molar-refractivity contribution < 1.29 is 9.47 Å². The maximum Gasteiger partial charge on any atom is 0.0810 e. The molecule has 2 aromatic carbocycles. The normalized spacial score (nSPS) is 23.3. The van der Waals surface area contributed by atoms with Crippen molar-refractivity contribution >= 4 is 0 Å². The summed E-state index contributed by atoms with van der Waals surface area (Å²) in [5, 5.41) is 0. The van der Waals surface area contributed by atoms with Gasteiger partial charge in [0, 0.05) is 0 Å². The summed E-state index contributed by atoms with van der Waals surface area (Å²) in [7, 11) is 0. The summed E-state index contributed by atoms with van der Waals surface area (Å²) in [6.07, 6.45) is 28.3. The highest BCUT2D eigenvalue weighted by Crippen LogP contribution is 2.35. The van der Waals surface area contributed by atoms with Gasteiger partial charge in [0.2, 0.25) is 0 Å². The molecule has 0 spiro atoms. The van der Waals surface area contributed by atoms with E-state index in [0.717, 1.165) is 23.7 Å². The van der Waals surface area contributed by atoms with Crippen LogP contribution in [0.2, 0.25) is 0 Å². The molecule has 2 heteroatoms. The van der Waals surface area contributed by atoms with Gasteiger partial charge in [-0.3, -0.25) is 0 Å². The first-order chi connectivity index (χ1) is 22.5. The molecule has 0 bridgehead atoms. The molecule has 0 saturated heterocycles. The molecular formula is C44H70O2. The Bertz CT molecular complexity index is 941. The Balaban J connectivity index is 1.03. The number of hydrogen-bond acceptors (Lipinski definition) is 2. The highest BCUT2D eigenvalue weighted by atomic mass is 16.5. The van der Waals surface area contributed by atoms with E-state index in [1.165, 1.54) is 151 Å². The Morgan fingerprint density at radius 3 is 1.09 bits per heavy atom. The number of aryl methyl sites for hydroxylation is 2. The second kappa shape index (κ2) is 21.4. The Kier molecular flexibility index (Phi) is 17.3. The van der Waals surface area contributed by atoms with Gasteiger partial charge in [0.15, 0.2) is 0 Å². The largest absolute Gasteiger partial charge is 0.371 e. The molecule has 2 aromatic rings. The summed E-state index contributed by atoms with van der Waals surface area (Å²) in [5.41, 5.74) is 5.43. The van der Waals surface area contributed by atoms with E-state index >= 15 is 0 Å². The van der Waals surface area contributed by atoms with Gasteiger partial charge in [0.05, 0.1) is 25.4 Å². The first-order valence-electron chi connectivity index (χ1n) is 19.9. The monoisotopic (exact) mass is 631 g/mol. The molecule has 0 amide bonds. The third kappa shape index (κ3) is 13.8. The van der Waals surface area contributed by atoms with Crippen molar-refractivity contribution in [1.82, 2.24) is 0 Å². The summed E-state index contributed by atoms with van der Waals surface area (Å²) < 4.78 is 12.4. The van der Waals surface area contributed by atoms with Crippen LogP contribution in [0.4, 0.5) is 0 Å². The Hall–Kier alpha value is -1.64. The van der Waals surface area contributed by atoms with Crippen LogP contribution < -0.4 is 0 Å². The van der Waals surface area contributed by atoms with Crippen molar-refractivity contribution in [2.75, 3.05) is 0 Å². The summed E-state index contributed by atoms with van der Waals surface area (Å²) >= 11 is 0. The molecule has 0 aromatic heterocycles. The molecule has 2 saturated carbocycles. The third-order valence-corrected chi connectivity index (χ3v) is 11.7. The van der Waals surface area contributed by atoms with E-state index < -0.39 is 0 Å². The van der Waals surface area contributed by atoms with Crippen molar-refractivity contribution in [3.63, 3.8) is 0 Å². The fourth-order valence-electron chi connectivity index (χ4n) is 8.29. The Labute approximate surface area is 284 Å². The van der Waals surface area contributed by atoms with Crippen LogP contribution in [0.15, 0.2) is 48.5 Å². The Morgan fingerprint density at radius 1 is 0.457 bits per heavy atom. The minimum absolute atomic E-state index is 0.0534. The summed E-state index contributed by atoms with van der Waals surface area (Å²) in [5.74, 6) is 4.05. The Morgan fingerprint density at radius 2 is 0.761 bits per heavy atom.